The summed E-state index contributed by atoms with van der Waals surface area (Å²) in [6, 6.07) is 9.26. The summed E-state index contributed by atoms with van der Waals surface area (Å²) in [4.78, 5) is 13.0. The van der Waals surface area contributed by atoms with Gasteiger partial charge in [-0.25, -0.2) is 0 Å². The van der Waals surface area contributed by atoms with Crippen LogP contribution in [0.3, 0.4) is 0 Å². The molecule has 5 heteroatoms. The third-order valence-electron chi connectivity index (χ3n) is 5.45. The van der Waals surface area contributed by atoms with E-state index in [0.29, 0.717) is 35.8 Å². The second-order valence-electron chi connectivity index (χ2n) is 8.22. The van der Waals surface area contributed by atoms with E-state index in [1.54, 1.807) is 24.3 Å². The highest BCUT2D eigenvalue weighted by Gasteiger charge is 2.15. The van der Waals surface area contributed by atoms with Crippen molar-refractivity contribution in [2.75, 3.05) is 13.2 Å². The van der Waals surface area contributed by atoms with Crippen LogP contribution in [-0.4, -0.2) is 29.2 Å². The molecule has 0 aromatic heterocycles. The predicted octanol–water partition coefficient (Wildman–Crippen LogP) is 7.03. The van der Waals surface area contributed by atoms with Crippen molar-refractivity contribution in [3.05, 3.63) is 47.5 Å². The number of phenols is 2. The fourth-order valence-corrected chi connectivity index (χ4v) is 3.48. The molecule has 0 spiro atoms. The zero-order valence-electron chi connectivity index (χ0n) is 19.6. The Bertz CT molecular complexity index is 763. The number of benzene rings is 2. The summed E-state index contributed by atoms with van der Waals surface area (Å²) in [6.07, 6.45) is 11.2. The maximum absolute atomic E-state index is 13.0. The zero-order chi connectivity index (χ0) is 23.2. The van der Waals surface area contributed by atoms with Gasteiger partial charge in [-0.2, -0.15) is 0 Å². The first-order valence-electron chi connectivity index (χ1n) is 12.0. The van der Waals surface area contributed by atoms with Gasteiger partial charge in [-0.15, -0.1) is 0 Å². The summed E-state index contributed by atoms with van der Waals surface area (Å²) in [5.74, 6) is 0.453. The van der Waals surface area contributed by atoms with E-state index in [0.717, 1.165) is 25.7 Å². The monoisotopic (exact) mass is 442 g/mol. The summed E-state index contributed by atoms with van der Waals surface area (Å²) >= 11 is 0. The van der Waals surface area contributed by atoms with Gasteiger partial charge < -0.3 is 19.7 Å². The molecule has 2 aromatic carbocycles. The lowest BCUT2D eigenvalue weighted by atomic mass is 10.0. The second kappa shape index (κ2) is 14.4. The molecule has 0 atom stereocenters. The molecule has 176 valence electrons. The van der Waals surface area contributed by atoms with Crippen LogP contribution in [0, 0.1) is 0 Å². The van der Waals surface area contributed by atoms with Gasteiger partial charge in [0.1, 0.15) is 0 Å². The molecule has 5 nitrogen and oxygen atoms in total. The van der Waals surface area contributed by atoms with Crippen LogP contribution in [-0.2, 0) is 0 Å². The molecular formula is C27H38O5. The highest BCUT2D eigenvalue weighted by molar-refractivity contribution is 6.09. The topological polar surface area (TPSA) is 76.0 Å². The first-order valence-corrected chi connectivity index (χ1v) is 12.0. The average molecular weight is 443 g/mol. The van der Waals surface area contributed by atoms with E-state index in [1.807, 2.05) is 0 Å². The minimum absolute atomic E-state index is 0.0212. The van der Waals surface area contributed by atoms with Crippen LogP contribution >= 0.6 is 0 Å². The van der Waals surface area contributed by atoms with Gasteiger partial charge in [0.2, 0.25) is 0 Å². The Labute approximate surface area is 192 Å². The lowest BCUT2D eigenvalue weighted by Gasteiger charge is -2.11. The largest absolute Gasteiger partial charge is 0.504 e. The van der Waals surface area contributed by atoms with Crippen LogP contribution < -0.4 is 9.47 Å². The van der Waals surface area contributed by atoms with Gasteiger partial charge in [0.05, 0.1) is 13.2 Å². The molecule has 2 N–H and O–H groups in total. The van der Waals surface area contributed by atoms with Gasteiger partial charge in [-0.05, 0) is 49.2 Å². The molecular weight excluding hydrogens is 404 g/mol. The zero-order valence-corrected chi connectivity index (χ0v) is 19.6. The molecule has 0 fully saturated rings. The Hall–Kier alpha value is -2.69. The molecule has 0 aliphatic rings. The summed E-state index contributed by atoms with van der Waals surface area (Å²) in [6.45, 7) is 5.36. The van der Waals surface area contributed by atoms with Gasteiger partial charge in [-0.1, -0.05) is 65.2 Å². The highest BCUT2D eigenvalue weighted by atomic mass is 16.5. The highest BCUT2D eigenvalue weighted by Crippen LogP contribution is 2.31. The molecule has 32 heavy (non-hydrogen) atoms. The fraction of sp³-hybridized carbons (Fsp3) is 0.519. The molecule has 0 saturated carbocycles. The number of rotatable bonds is 16. The summed E-state index contributed by atoms with van der Waals surface area (Å²) < 4.78 is 11.4. The van der Waals surface area contributed by atoms with E-state index in [-0.39, 0.29) is 17.3 Å². The maximum atomic E-state index is 13.0. The second-order valence-corrected chi connectivity index (χ2v) is 8.22. The Morgan fingerprint density at radius 1 is 0.656 bits per heavy atom. The molecule has 0 unspecified atom stereocenters. The van der Waals surface area contributed by atoms with Gasteiger partial charge in [0.15, 0.2) is 28.8 Å². The van der Waals surface area contributed by atoms with Crippen LogP contribution in [0.5, 0.6) is 23.0 Å². The molecule has 0 radical (unpaired) electrons. The number of carbonyl (C=O) groups is 1. The minimum atomic E-state index is -0.217. The van der Waals surface area contributed by atoms with Crippen molar-refractivity contribution in [2.24, 2.45) is 0 Å². The fourth-order valence-electron chi connectivity index (χ4n) is 3.48. The maximum Gasteiger partial charge on any atom is 0.193 e. The Morgan fingerprint density at radius 3 is 1.47 bits per heavy atom. The lowest BCUT2D eigenvalue weighted by Crippen LogP contribution is -2.04. The standard InChI is InChI=1S/C27H38O5/c1-3-5-7-9-11-17-31-25-19-21(13-15-23(25)28)27(30)22-14-16-24(29)26(20-22)32-18-12-10-8-6-4-2/h13-16,19-20,28-29H,3-12,17-18H2,1-2H3. The normalized spacial score (nSPS) is 10.8. The number of hydrogen-bond donors (Lipinski definition) is 2. The van der Waals surface area contributed by atoms with E-state index in [9.17, 15) is 15.0 Å². The predicted molar refractivity (Wildman–Crippen MR) is 128 cm³/mol. The van der Waals surface area contributed by atoms with Crippen LogP contribution in [0.1, 0.15) is 94.0 Å². The molecule has 0 aliphatic carbocycles. The van der Waals surface area contributed by atoms with E-state index >= 15 is 0 Å². The number of ketones is 1. The third-order valence-corrected chi connectivity index (χ3v) is 5.45. The van der Waals surface area contributed by atoms with Crippen LogP contribution in [0.25, 0.3) is 0 Å². The molecule has 0 saturated heterocycles. The van der Waals surface area contributed by atoms with Crippen molar-refractivity contribution >= 4 is 5.78 Å². The van der Waals surface area contributed by atoms with Gasteiger partial charge in [0.25, 0.3) is 0 Å². The van der Waals surface area contributed by atoms with Crippen molar-refractivity contribution < 1.29 is 24.5 Å². The van der Waals surface area contributed by atoms with Crippen molar-refractivity contribution in [2.45, 2.75) is 78.1 Å². The number of ether oxygens (including phenoxy) is 2. The Morgan fingerprint density at radius 2 is 1.06 bits per heavy atom. The van der Waals surface area contributed by atoms with E-state index in [4.69, 9.17) is 9.47 Å². The summed E-state index contributed by atoms with van der Waals surface area (Å²) in [5.41, 5.74) is 0.833. The Kier molecular flexibility index (Phi) is 11.5. The molecule has 0 heterocycles. The van der Waals surface area contributed by atoms with Gasteiger partial charge in [-0.3, -0.25) is 4.79 Å². The van der Waals surface area contributed by atoms with Crippen LogP contribution in [0.15, 0.2) is 36.4 Å². The number of unbranched alkanes of at least 4 members (excludes halogenated alkanes) is 8. The molecule has 0 aliphatic heterocycles. The number of hydrogen-bond acceptors (Lipinski definition) is 5. The molecule has 2 rings (SSSR count). The molecule has 2 aromatic rings. The SMILES string of the molecule is CCCCCCCOc1cc(C(=O)c2ccc(O)c(OCCCCCCC)c2)ccc1O. The molecule has 0 amide bonds. The van der Waals surface area contributed by atoms with Crippen molar-refractivity contribution in [1.29, 1.82) is 0 Å². The van der Waals surface area contributed by atoms with E-state index in [1.165, 1.54) is 50.7 Å². The summed E-state index contributed by atoms with van der Waals surface area (Å²) in [7, 11) is 0. The quantitative estimate of drug-likeness (QED) is 0.216. The van der Waals surface area contributed by atoms with Crippen molar-refractivity contribution in [3.63, 3.8) is 0 Å². The molecule has 0 bridgehead atoms. The van der Waals surface area contributed by atoms with E-state index in [2.05, 4.69) is 13.8 Å². The summed E-state index contributed by atoms with van der Waals surface area (Å²) in [5, 5.41) is 20.2. The number of carbonyl (C=O) groups excluding carboxylic acids is 1. The van der Waals surface area contributed by atoms with Crippen LogP contribution in [0.2, 0.25) is 0 Å². The Balaban J connectivity index is 1.97. The smallest absolute Gasteiger partial charge is 0.193 e. The third kappa shape index (κ3) is 8.45. The van der Waals surface area contributed by atoms with Gasteiger partial charge >= 0.3 is 0 Å². The number of aromatic hydroxyl groups is 2. The van der Waals surface area contributed by atoms with Crippen molar-refractivity contribution in [1.82, 2.24) is 0 Å². The van der Waals surface area contributed by atoms with E-state index < -0.39 is 0 Å². The average Bonchev–Trinajstić information content (AvgIpc) is 2.80. The lowest BCUT2D eigenvalue weighted by molar-refractivity contribution is 0.103. The number of phenolic OH excluding ortho intramolecular Hbond substituents is 2. The first-order chi connectivity index (χ1) is 15.6. The minimum Gasteiger partial charge on any atom is -0.504 e. The van der Waals surface area contributed by atoms with Crippen LogP contribution in [0.4, 0.5) is 0 Å². The van der Waals surface area contributed by atoms with Crippen molar-refractivity contribution in [3.8, 4) is 23.0 Å². The first kappa shape index (κ1) is 25.6. The van der Waals surface area contributed by atoms with Gasteiger partial charge in [0, 0.05) is 11.1 Å².